The molecule has 1 fully saturated rings. The van der Waals surface area contributed by atoms with E-state index < -0.39 is 0 Å². The van der Waals surface area contributed by atoms with Crippen molar-refractivity contribution in [3.8, 4) is 11.5 Å². The van der Waals surface area contributed by atoms with Gasteiger partial charge in [-0.3, -0.25) is 4.79 Å². The summed E-state index contributed by atoms with van der Waals surface area (Å²) in [5.74, 6) is 0.937. The molecule has 2 aromatic rings. The molecule has 6 heteroatoms. The Bertz CT molecular complexity index is 561. The molecule has 6 nitrogen and oxygen atoms in total. The van der Waals surface area contributed by atoms with Crippen molar-refractivity contribution in [3.05, 3.63) is 30.2 Å². The first-order valence-electron chi connectivity index (χ1n) is 6.28. The lowest BCUT2D eigenvalue weighted by Gasteiger charge is -2.33. The van der Waals surface area contributed by atoms with Crippen LogP contribution in [0.4, 0.5) is 0 Å². The number of piperazine rings is 1. The van der Waals surface area contributed by atoms with Gasteiger partial charge in [-0.05, 0) is 19.1 Å². The second-order valence-electron chi connectivity index (χ2n) is 4.61. The van der Waals surface area contributed by atoms with Crippen LogP contribution in [0, 0.1) is 0 Å². The molecule has 0 aromatic carbocycles. The number of hydrogen-bond acceptors (Lipinski definition) is 5. The van der Waals surface area contributed by atoms with Gasteiger partial charge >= 0.3 is 0 Å². The van der Waals surface area contributed by atoms with E-state index in [0.29, 0.717) is 23.8 Å². The lowest BCUT2D eigenvalue weighted by molar-refractivity contribution is 0.0645. The first kappa shape index (κ1) is 12.0. The molecule has 0 aliphatic carbocycles. The maximum absolute atomic E-state index is 12.3. The van der Waals surface area contributed by atoms with Crippen molar-refractivity contribution in [3.63, 3.8) is 0 Å². The lowest BCUT2D eigenvalue weighted by atomic mass is 10.2. The number of nitrogens with one attached hydrogen (secondary N) is 1. The van der Waals surface area contributed by atoms with E-state index in [1.807, 2.05) is 6.92 Å². The predicted octanol–water partition coefficient (Wildman–Crippen LogP) is 1.37. The Morgan fingerprint density at radius 3 is 3.16 bits per heavy atom. The van der Waals surface area contributed by atoms with Crippen molar-refractivity contribution in [1.29, 1.82) is 0 Å². The molecular weight excluding hydrogens is 246 g/mol. The molecule has 3 heterocycles. The molecule has 2 aromatic heterocycles. The zero-order chi connectivity index (χ0) is 13.2. The maximum atomic E-state index is 12.3. The SMILES string of the molecule is C[C@H]1CNCCN1C(=O)c1cc(-c2ccco2)on1. The van der Waals surface area contributed by atoms with E-state index in [2.05, 4.69) is 10.5 Å². The number of aromatic nitrogens is 1. The minimum Gasteiger partial charge on any atom is -0.461 e. The topological polar surface area (TPSA) is 71.5 Å². The zero-order valence-electron chi connectivity index (χ0n) is 10.6. The third-order valence-electron chi connectivity index (χ3n) is 3.26. The second kappa shape index (κ2) is 4.89. The summed E-state index contributed by atoms with van der Waals surface area (Å²) in [4.78, 5) is 14.1. The van der Waals surface area contributed by atoms with Gasteiger partial charge in [0.2, 0.25) is 5.76 Å². The van der Waals surface area contributed by atoms with Crippen LogP contribution in [0.3, 0.4) is 0 Å². The Balaban J connectivity index is 1.80. The Morgan fingerprint density at radius 1 is 1.53 bits per heavy atom. The van der Waals surface area contributed by atoms with Crippen LogP contribution < -0.4 is 5.32 Å². The minimum absolute atomic E-state index is 0.101. The van der Waals surface area contributed by atoms with Gasteiger partial charge in [0.05, 0.1) is 6.26 Å². The van der Waals surface area contributed by atoms with E-state index in [4.69, 9.17) is 8.94 Å². The number of furan rings is 1. The van der Waals surface area contributed by atoms with Gasteiger partial charge in [-0.25, -0.2) is 0 Å². The summed E-state index contributed by atoms with van der Waals surface area (Å²) in [5, 5.41) is 7.08. The molecule has 1 aliphatic heterocycles. The summed E-state index contributed by atoms with van der Waals surface area (Å²) in [6.45, 7) is 4.30. The highest BCUT2D eigenvalue weighted by Crippen LogP contribution is 2.21. The second-order valence-corrected chi connectivity index (χ2v) is 4.61. The molecule has 1 atom stereocenters. The van der Waals surface area contributed by atoms with E-state index in [-0.39, 0.29) is 11.9 Å². The molecule has 1 aliphatic rings. The Morgan fingerprint density at radius 2 is 2.42 bits per heavy atom. The van der Waals surface area contributed by atoms with Gasteiger partial charge in [0.1, 0.15) is 0 Å². The summed E-state index contributed by atoms with van der Waals surface area (Å²) in [5.41, 5.74) is 0.320. The quantitative estimate of drug-likeness (QED) is 0.884. The minimum atomic E-state index is -0.101. The molecule has 1 N–H and O–H groups in total. The van der Waals surface area contributed by atoms with E-state index >= 15 is 0 Å². The van der Waals surface area contributed by atoms with Crippen LogP contribution in [0.2, 0.25) is 0 Å². The fourth-order valence-electron chi connectivity index (χ4n) is 2.20. The third kappa shape index (κ3) is 2.26. The molecule has 0 bridgehead atoms. The first-order valence-corrected chi connectivity index (χ1v) is 6.28. The molecule has 0 unspecified atom stereocenters. The van der Waals surface area contributed by atoms with Gasteiger partial charge in [0.25, 0.3) is 5.91 Å². The molecule has 0 radical (unpaired) electrons. The largest absolute Gasteiger partial charge is 0.461 e. The van der Waals surface area contributed by atoms with E-state index in [0.717, 1.165) is 13.1 Å². The molecule has 100 valence electrons. The maximum Gasteiger partial charge on any atom is 0.276 e. The summed E-state index contributed by atoms with van der Waals surface area (Å²) >= 11 is 0. The molecule has 3 rings (SSSR count). The number of carbonyl (C=O) groups excluding carboxylic acids is 1. The van der Waals surface area contributed by atoms with Crippen LogP contribution >= 0.6 is 0 Å². The van der Waals surface area contributed by atoms with Crippen LogP contribution in [-0.2, 0) is 0 Å². The van der Waals surface area contributed by atoms with Crippen molar-refractivity contribution < 1.29 is 13.7 Å². The highest BCUT2D eigenvalue weighted by Gasteiger charge is 2.26. The lowest BCUT2D eigenvalue weighted by Crippen LogP contribution is -2.52. The van der Waals surface area contributed by atoms with Crippen LogP contribution in [0.25, 0.3) is 11.5 Å². The summed E-state index contributed by atoms with van der Waals surface area (Å²) in [6, 6.07) is 5.31. The Hall–Kier alpha value is -2.08. The van der Waals surface area contributed by atoms with Crippen LogP contribution in [0.1, 0.15) is 17.4 Å². The van der Waals surface area contributed by atoms with E-state index in [1.165, 1.54) is 0 Å². The first-order chi connectivity index (χ1) is 9.25. The number of hydrogen-bond donors (Lipinski definition) is 1. The van der Waals surface area contributed by atoms with Gasteiger partial charge < -0.3 is 19.2 Å². The zero-order valence-corrected chi connectivity index (χ0v) is 10.6. The van der Waals surface area contributed by atoms with E-state index in [1.54, 1.807) is 29.4 Å². The fraction of sp³-hybridized carbons (Fsp3) is 0.385. The Kier molecular flexibility index (Phi) is 3.08. The van der Waals surface area contributed by atoms with Gasteiger partial charge in [-0.1, -0.05) is 5.16 Å². The van der Waals surface area contributed by atoms with E-state index in [9.17, 15) is 4.79 Å². The summed E-state index contributed by atoms with van der Waals surface area (Å²) in [7, 11) is 0. The summed E-state index contributed by atoms with van der Waals surface area (Å²) in [6.07, 6.45) is 1.55. The number of nitrogens with zero attached hydrogens (tertiary/aromatic N) is 2. The average Bonchev–Trinajstić information content (AvgIpc) is 3.09. The summed E-state index contributed by atoms with van der Waals surface area (Å²) < 4.78 is 10.4. The highest BCUT2D eigenvalue weighted by atomic mass is 16.5. The third-order valence-corrected chi connectivity index (χ3v) is 3.26. The van der Waals surface area contributed by atoms with Crippen molar-refractivity contribution in [1.82, 2.24) is 15.4 Å². The van der Waals surface area contributed by atoms with Gasteiger partial charge in [-0.2, -0.15) is 0 Å². The Labute approximate surface area is 110 Å². The highest BCUT2D eigenvalue weighted by molar-refractivity contribution is 5.93. The van der Waals surface area contributed by atoms with Crippen molar-refractivity contribution in [2.45, 2.75) is 13.0 Å². The standard InChI is InChI=1S/C13H15N3O3/c1-9-8-14-4-5-16(9)13(17)10-7-12(19-15-10)11-3-2-6-18-11/h2-3,6-7,9,14H,4-5,8H2,1H3/t9-/m0/s1. The number of rotatable bonds is 2. The predicted molar refractivity (Wildman–Crippen MR) is 67.6 cm³/mol. The normalized spacial score (nSPS) is 19.6. The molecule has 19 heavy (non-hydrogen) atoms. The van der Waals surface area contributed by atoms with Crippen molar-refractivity contribution >= 4 is 5.91 Å². The molecular formula is C13H15N3O3. The number of carbonyl (C=O) groups is 1. The molecule has 1 saturated heterocycles. The van der Waals surface area contributed by atoms with Crippen LogP contribution in [0.15, 0.2) is 33.4 Å². The smallest absolute Gasteiger partial charge is 0.276 e. The van der Waals surface area contributed by atoms with Crippen molar-refractivity contribution in [2.24, 2.45) is 0 Å². The molecule has 1 amide bonds. The van der Waals surface area contributed by atoms with Crippen molar-refractivity contribution in [2.75, 3.05) is 19.6 Å². The van der Waals surface area contributed by atoms with Crippen LogP contribution in [0.5, 0.6) is 0 Å². The molecule has 0 spiro atoms. The number of amides is 1. The molecule has 0 saturated carbocycles. The van der Waals surface area contributed by atoms with Gasteiger partial charge in [0.15, 0.2) is 11.5 Å². The van der Waals surface area contributed by atoms with Crippen LogP contribution in [-0.4, -0.2) is 41.6 Å². The average molecular weight is 261 g/mol. The fourth-order valence-corrected chi connectivity index (χ4v) is 2.20. The van der Waals surface area contributed by atoms with Gasteiger partial charge in [0, 0.05) is 31.7 Å². The monoisotopic (exact) mass is 261 g/mol. The van der Waals surface area contributed by atoms with Gasteiger partial charge in [-0.15, -0.1) is 0 Å².